The summed E-state index contributed by atoms with van der Waals surface area (Å²) in [5, 5.41) is 9.44. The van der Waals surface area contributed by atoms with E-state index < -0.39 is 0 Å². The molecule has 0 aliphatic rings. The van der Waals surface area contributed by atoms with Crippen molar-refractivity contribution in [1.82, 2.24) is 0 Å². The second-order valence-corrected chi connectivity index (χ2v) is 3.36. The molecule has 0 aliphatic carbocycles. The molecule has 1 rings (SSSR count). The molecule has 1 heteroatoms. The van der Waals surface area contributed by atoms with Gasteiger partial charge in [-0.15, -0.1) is 0 Å². The molecule has 0 bridgehead atoms. The van der Waals surface area contributed by atoms with Gasteiger partial charge in [0.25, 0.3) is 0 Å². The van der Waals surface area contributed by atoms with Crippen molar-refractivity contribution in [1.29, 1.82) is 0 Å². The summed E-state index contributed by atoms with van der Waals surface area (Å²) < 4.78 is 0. The topological polar surface area (TPSA) is 20.2 Å². The number of phenols is 1. The normalized spacial score (nSPS) is 9.29. The molecule has 1 aromatic rings. The van der Waals surface area contributed by atoms with Gasteiger partial charge in [-0.2, -0.15) is 0 Å². The average Bonchev–Trinajstić information content (AvgIpc) is 2.19. The average molecular weight is 188 g/mol. The van der Waals surface area contributed by atoms with Crippen LogP contribution in [-0.4, -0.2) is 5.11 Å². The first-order valence-corrected chi connectivity index (χ1v) is 5.03. The van der Waals surface area contributed by atoms with E-state index in [-0.39, 0.29) is 0 Å². The van der Waals surface area contributed by atoms with E-state index in [4.69, 9.17) is 0 Å². The molecule has 0 fully saturated rings. The zero-order valence-electron chi connectivity index (χ0n) is 8.80. The second kappa shape index (κ2) is 5.34. The Morgan fingerprint density at radius 3 is 2.86 bits per heavy atom. The van der Waals surface area contributed by atoms with Gasteiger partial charge < -0.3 is 5.11 Å². The molecule has 1 N–H and O–H groups in total. The van der Waals surface area contributed by atoms with Crippen LogP contribution < -0.4 is 0 Å². The van der Waals surface area contributed by atoms with Crippen molar-refractivity contribution in [3.63, 3.8) is 0 Å². The maximum absolute atomic E-state index is 9.44. The molecule has 0 amide bonds. The SMILES string of the molecule is CCCCC#Cc1cccc(O)c1C. The van der Waals surface area contributed by atoms with Gasteiger partial charge in [0.05, 0.1) is 0 Å². The first-order valence-electron chi connectivity index (χ1n) is 5.03. The van der Waals surface area contributed by atoms with Gasteiger partial charge in [0, 0.05) is 17.5 Å². The van der Waals surface area contributed by atoms with Gasteiger partial charge in [0.15, 0.2) is 0 Å². The fourth-order valence-corrected chi connectivity index (χ4v) is 1.18. The van der Waals surface area contributed by atoms with E-state index in [1.807, 2.05) is 19.1 Å². The molecular weight excluding hydrogens is 172 g/mol. The Balaban J connectivity index is 2.74. The predicted octanol–water partition coefficient (Wildman–Crippen LogP) is 3.24. The van der Waals surface area contributed by atoms with E-state index in [0.29, 0.717) is 5.75 Å². The summed E-state index contributed by atoms with van der Waals surface area (Å²) in [5.41, 5.74) is 1.80. The molecule has 0 saturated heterocycles. The summed E-state index contributed by atoms with van der Waals surface area (Å²) in [6, 6.07) is 5.45. The van der Waals surface area contributed by atoms with Gasteiger partial charge >= 0.3 is 0 Å². The van der Waals surface area contributed by atoms with Crippen LogP contribution >= 0.6 is 0 Å². The van der Waals surface area contributed by atoms with Gasteiger partial charge in [-0.1, -0.05) is 31.3 Å². The predicted molar refractivity (Wildman–Crippen MR) is 59.2 cm³/mol. The Bertz CT molecular complexity index is 355. The molecule has 1 aromatic carbocycles. The number of hydrogen-bond acceptors (Lipinski definition) is 1. The van der Waals surface area contributed by atoms with Crippen LogP contribution in [0.15, 0.2) is 18.2 Å². The Labute approximate surface area is 85.8 Å². The molecule has 74 valence electrons. The van der Waals surface area contributed by atoms with E-state index in [1.54, 1.807) is 6.07 Å². The van der Waals surface area contributed by atoms with Crippen molar-refractivity contribution < 1.29 is 5.11 Å². The molecule has 0 heterocycles. The quantitative estimate of drug-likeness (QED) is 0.558. The van der Waals surface area contributed by atoms with Crippen molar-refractivity contribution in [2.75, 3.05) is 0 Å². The highest BCUT2D eigenvalue weighted by Gasteiger charge is 1.98. The van der Waals surface area contributed by atoms with E-state index >= 15 is 0 Å². The summed E-state index contributed by atoms with van der Waals surface area (Å²) in [6.07, 6.45) is 3.25. The minimum atomic E-state index is 0.326. The minimum Gasteiger partial charge on any atom is -0.508 e. The second-order valence-electron chi connectivity index (χ2n) is 3.36. The van der Waals surface area contributed by atoms with E-state index in [1.165, 1.54) is 6.42 Å². The summed E-state index contributed by atoms with van der Waals surface area (Å²) in [7, 11) is 0. The van der Waals surface area contributed by atoms with Crippen LogP contribution in [0.2, 0.25) is 0 Å². The summed E-state index contributed by atoms with van der Waals surface area (Å²) in [6.45, 7) is 4.04. The number of hydrogen-bond donors (Lipinski definition) is 1. The molecule has 0 radical (unpaired) electrons. The minimum absolute atomic E-state index is 0.326. The van der Waals surface area contributed by atoms with Crippen LogP contribution in [0.1, 0.15) is 37.3 Å². The lowest BCUT2D eigenvalue weighted by atomic mass is 10.1. The molecule has 0 aliphatic heterocycles. The maximum Gasteiger partial charge on any atom is 0.119 e. The van der Waals surface area contributed by atoms with Crippen molar-refractivity contribution in [2.45, 2.75) is 33.1 Å². The van der Waals surface area contributed by atoms with Crippen LogP contribution in [0.3, 0.4) is 0 Å². The van der Waals surface area contributed by atoms with Crippen LogP contribution in [0.25, 0.3) is 0 Å². The third-order valence-electron chi connectivity index (χ3n) is 2.18. The monoisotopic (exact) mass is 188 g/mol. The molecule has 0 aromatic heterocycles. The van der Waals surface area contributed by atoms with Gasteiger partial charge in [0.1, 0.15) is 5.75 Å². The molecule has 1 nitrogen and oxygen atoms in total. The Morgan fingerprint density at radius 2 is 2.14 bits per heavy atom. The van der Waals surface area contributed by atoms with Gasteiger partial charge in [-0.3, -0.25) is 0 Å². The molecule has 0 unspecified atom stereocenters. The number of phenolic OH excluding ortho intramolecular Hbond substituents is 1. The standard InChI is InChI=1S/C13H16O/c1-3-4-5-6-8-12-9-7-10-13(14)11(12)2/h7,9-10,14H,3-5H2,1-2H3. The van der Waals surface area contributed by atoms with Crippen molar-refractivity contribution >= 4 is 0 Å². The van der Waals surface area contributed by atoms with Gasteiger partial charge in [-0.25, -0.2) is 0 Å². The van der Waals surface area contributed by atoms with Crippen LogP contribution in [0.4, 0.5) is 0 Å². The van der Waals surface area contributed by atoms with Gasteiger partial charge in [0.2, 0.25) is 0 Å². The summed E-state index contributed by atoms with van der Waals surface area (Å²) in [4.78, 5) is 0. The van der Waals surface area contributed by atoms with Crippen LogP contribution in [0.5, 0.6) is 5.75 Å². The fourth-order valence-electron chi connectivity index (χ4n) is 1.18. The Kier molecular flexibility index (Phi) is 4.07. The van der Waals surface area contributed by atoms with E-state index in [2.05, 4.69) is 18.8 Å². The zero-order valence-corrected chi connectivity index (χ0v) is 8.80. The van der Waals surface area contributed by atoms with Crippen LogP contribution in [0, 0.1) is 18.8 Å². The lowest BCUT2D eigenvalue weighted by Gasteiger charge is -1.99. The Hall–Kier alpha value is -1.42. The molecule has 0 atom stereocenters. The van der Waals surface area contributed by atoms with Gasteiger partial charge in [-0.05, 0) is 25.5 Å². The molecule has 14 heavy (non-hydrogen) atoms. The smallest absolute Gasteiger partial charge is 0.119 e. The lowest BCUT2D eigenvalue weighted by Crippen LogP contribution is -1.81. The van der Waals surface area contributed by atoms with Crippen molar-refractivity contribution in [3.8, 4) is 17.6 Å². The lowest BCUT2D eigenvalue weighted by molar-refractivity contribution is 0.471. The first-order chi connectivity index (χ1) is 6.75. The molecule has 0 spiro atoms. The zero-order chi connectivity index (χ0) is 10.4. The maximum atomic E-state index is 9.44. The van der Waals surface area contributed by atoms with E-state index in [0.717, 1.165) is 24.0 Å². The number of aromatic hydroxyl groups is 1. The third-order valence-corrected chi connectivity index (χ3v) is 2.18. The fraction of sp³-hybridized carbons (Fsp3) is 0.385. The molecular formula is C13H16O. The highest BCUT2D eigenvalue weighted by atomic mass is 16.3. The van der Waals surface area contributed by atoms with Crippen molar-refractivity contribution in [3.05, 3.63) is 29.3 Å². The van der Waals surface area contributed by atoms with Crippen LogP contribution in [-0.2, 0) is 0 Å². The summed E-state index contributed by atoms with van der Waals surface area (Å²) >= 11 is 0. The third kappa shape index (κ3) is 2.81. The van der Waals surface area contributed by atoms with E-state index in [9.17, 15) is 5.11 Å². The molecule has 0 saturated carbocycles. The summed E-state index contributed by atoms with van der Waals surface area (Å²) in [5.74, 6) is 6.51. The largest absolute Gasteiger partial charge is 0.508 e. The highest BCUT2D eigenvalue weighted by molar-refractivity contribution is 5.47. The number of benzene rings is 1. The number of rotatable bonds is 2. The number of unbranched alkanes of at least 4 members (excludes halogenated alkanes) is 2. The first kappa shape index (κ1) is 10.7. The Morgan fingerprint density at radius 1 is 1.36 bits per heavy atom. The highest BCUT2D eigenvalue weighted by Crippen LogP contribution is 2.18. The van der Waals surface area contributed by atoms with Crippen molar-refractivity contribution in [2.24, 2.45) is 0 Å².